The normalized spacial score (nSPS) is 14.1. The second-order valence-corrected chi connectivity index (χ2v) is 13.0. The molecule has 0 radical (unpaired) electrons. The Hall–Kier alpha value is -2.46. The number of ether oxygens (including phenoxy) is 1. The summed E-state index contributed by atoms with van der Waals surface area (Å²) in [5.41, 5.74) is -0.971. The van der Waals surface area contributed by atoms with Crippen molar-refractivity contribution < 1.29 is 30.8 Å². The number of halogens is 1. The van der Waals surface area contributed by atoms with Gasteiger partial charge in [-0.2, -0.15) is 0 Å². The van der Waals surface area contributed by atoms with Crippen molar-refractivity contribution in [1.82, 2.24) is 5.32 Å². The van der Waals surface area contributed by atoms with E-state index in [0.29, 0.717) is 0 Å². The highest BCUT2D eigenvalue weighted by molar-refractivity contribution is 8.10. The maximum Gasteiger partial charge on any atom is 0.408 e. The summed E-state index contributed by atoms with van der Waals surface area (Å²) in [5.74, 6) is -0.940. The van der Waals surface area contributed by atoms with Gasteiger partial charge in [-0.05, 0) is 51.0 Å². The predicted octanol–water partition coefficient (Wildman–Crippen LogP) is 4.11. The molecule has 0 aliphatic rings. The lowest BCUT2D eigenvalue weighted by molar-refractivity contribution is 0.0460. The Morgan fingerprint density at radius 1 is 0.844 bits per heavy atom. The maximum absolute atomic E-state index is 17.0. The summed E-state index contributed by atoms with van der Waals surface area (Å²) in [5, 5.41) is 2.17. The Balaban J connectivity index is 2.79. The van der Waals surface area contributed by atoms with Gasteiger partial charge < -0.3 is 10.1 Å². The molecular formula is C22H28FNO6S2. The summed E-state index contributed by atoms with van der Waals surface area (Å²) in [4.78, 5) is 11.4. The minimum Gasteiger partial charge on any atom is -0.444 e. The fourth-order valence-electron chi connectivity index (χ4n) is 3.08. The third kappa shape index (κ3) is 4.96. The van der Waals surface area contributed by atoms with Crippen LogP contribution in [0.2, 0.25) is 0 Å². The van der Waals surface area contributed by atoms with E-state index in [1.807, 2.05) is 0 Å². The fraction of sp³-hybridized carbons (Fsp3) is 0.409. The lowest BCUT2D eigenvalue weighted by Crippen LogP contribution is -2.61. The summed E-state index contributed by atoms with van der Waals surface area (Å²) < 4.78 is 72.4. The number of carbonyl (C=O) groups excluding carboxylic acids is 1. The summed E-state index contributed by atoms with van der Waals surface area (Å²) >= 11 is 0. The number of alkyl halides is 1. The van der Waals surface area contributed by atoms with Gasteiger partial charge >= 0.3 is 10.4 Å². The topological polar surface area (TPSA) is 107 Å². The van der Waals surface area contributed by atoms with Crippen LogP contribution in [0.3, 0.4) is 0 Å². The van der Waals surface area contributed by atoms with Gasteiger partial charge in [-0.1, -0.05) is 50.2 Å². The zero-order valence-corrected chi connectivity index (χ0v) is 20.2. The number of carbonyl (C=O) groups is 1. The average Bonchev–Trinajstić information content (AvgIpc) is 2.71. The zero-order valence-electron chi connectivity index (χ0n) is 18.6. The molecule has 7 nitrogen and oxygen atoms in total. The molecule has 0 unspecified atom stereocenters. The molecule has 0 fully saturated rings. The van der Waals surface area contributed by atoms with Gasteiger partial charge in [0.15, 0.2) is 0 Å². The van der Waals surface area contributed by atoms with E-state index in [9.17, 15) is 21.6 Å². The van der Waals surface area contributed by atoms with E-state index >= 15 is 4.39 Å². The first-order valence-corrected chi connectivity index (χ1v) is 12.9. The molecule has 1 atom stereocenters. The quantitative estimate of drug-likeness (QED) is 0.633. The number of nitrogens with one attached hydrogen (secondary N) is 1. The Morgan fingerprint density at radius 2 is 1.22 bits per heavy atom. The van der Waals surface area contributed by atoms with Gasteiger partial charge in [0.05, 0.1) is 15.8 Å². The van der Waals surface area contributed by atoms with Crippen molar-refractivity contribution in [3.8, 4) is 0 Å². The van der Waals surface area contributed by atoms with Crippen molar-refractivity contribution in [3.05, 3.63) is 60.7 Å². The first-order valence-electron chi connectivity index (χ1n) is 9.92. The van der Waals surface area contributed by atoms with Gasteiger partial charge in [0.2, 0.25) is 19.7 Å². The monoisotopic (exact) mass is 485 g/mol. The third-order valence-corrected chi connectivity index (χ3v) is 9.63. The Bertz CT molecular complexity index is 1070. The molecule has 0 saturated heterocycles. The van der Waals surface area contributed by atoms with Crippen LogP contribution in [-0.2, 0) is 24.4 Å². The summed E-state index contributed by atoms with van der Waals surface area (Å²) in [6.07, 6.45) is -1.13. The van der Waals surface area contributed by atoms with Gasteiger partial charge in [-0.3, -0.25) is 0 Å². The van der Waals surface area contributed by atoms with Gasteiger partial charge in [-0.15, -0.1) is 0 Å². The molecule has 176 valence electrons. The maximum atomic E-state index is 17.0. The van der Waals surface area contributed by atoms with E-state index in [-0.39, 0.29) is 0 Å². The molecule has 0 heterocycles. The molecule has 32 heavy (non-hydrogen) atoms. The minimum absolute atomic E-state index is 0.529. The Kier molecular flexibility index (Phi) is 7.41. The number of hydrogen-bond acceptors (Lipinski definition) is 6. The van der Waals surface area contributed by atoms with Crippen LogP contribution < -0.4 is 5.32 Å². The van der Waals surface area contributed by atoms with Crippen molar-refractivity contribution >= 4 is 25.8 Å². The van der Waals surface area contributed by atoms with Crippen molar-refractivity contribution in [2.24, 2.45) is 5.92 Å². The van der Waals surface area contributed by atoms with Gasteiger partial charge in [0, 0.05) is 0 Å². The Labute approximate surface area is 188 Å². The van der Waals surface area contributed by atoms with Crippen LogP contribution in [-0.4, -0.2) is 38.9 Å². The predicted molar refractivity (Wildman–Crippen MR) is 119 cm³/mol. The van der Waals surface area contributed by atoms with Crippen LogP contribution in [0.5, 0.6) is 0 Å². The summed E-state index contributed by atoms with van der Waals surface area (Å²) in [7, 11) is -10.3. The lowest BCUT2D eigenvalue weighted by atomic mass is 10.1. The fourth-order valence-corrected chi connectivity index (χ4v) is 7.82. The first kappa shape index (κ1) is 25.8. The second-order valence-electron chi connectivity index (χ2n) is 8.58. The number of benzene rings is 2. The molecule has 0 bridgehead atoms. The van der Waals surface area contributed by atoms with Gasteiger partial charge in [0.1, 0.15) is 5.60 Å². The van der Waals surface area contributed by atoms with Crippen molar-refractivity contribution in [1.29, 1.82) is 0 Å². The lowest BCUT2D eigenvalue weighted by Gasteiger charge is -2.36. The average molecular weight is 486 g/mol. The van der Waals surface area contributed by atoms with Crippen molar-refractivity contribution in [2.45, 2.75) is 60.4 Å². The summed E-state index contributed by atoms with van der Waals surface area (Å²) in [6.45, 7) is 7.54. The van der Waals surface area contributed by atoms with Crippen LogP contribution in [0.25, 0.3) is 0 Å². The molecule has 1 amide bonds. The largest absolute Gasteiger partial charge is 0.444 e. The number of sulfone groups is 2. The zero-order chi connectivity index (χ0) is 24.4. The highest BCUT2D eigenvalue weighted by Crippen LogP contribution is 2.42. The highest BCUT2D eigenvalue weighted by Gasteiger charge is 2.64. The third-order valence-electron chi connectivity index (χ3n) is 4.55. The summed E-state index contributed by atoms with van der Waals surface area (Å²) in [6, 6.07) is 10.9. The van der Waals surface area contributed by atoms with Crippen LogP contribution in [0, 0.1) is 5.92 Å². The van der Waals surface area contributed by atoms with Crippen LogP contribution in [0.1, 0.15) is 34.6 Å². The van der Waals surface area contributed by atoms with Crippen LogP contribution >= 0.6 is 0 Å². The molecule has 2 aromatic rings. The molecule has 0 aliphatic heterocycles. The molecule has 10 heteroatoms. The first-order chi connectivity index (χ1) is 14.6. The standard InChI is InChI=1S/C22H28FNO6S2/c1-16(2)19(24-20(25)30-21(3,4)5)22(23,31(26,27)17-12-8-6-9-13-17)32(28,29)18-14-10-7-11-15-18/h6-16,19H,1-5H3,(H,24,25)/t19-/m0/s1. The highest BCUT2D eigenvalue weighted by atomic mass is 32.3. The smallest absolute Gasteiger partial charge is 0.408 e. The molecule has 0 spiro atoms. The van der Waals surface area contributed by atoms with E-state index in [0.717, 1.165) is 24.3 Å². The molecule has 0 saturated carbocycles. The van der Waals surface area contributed by atoms with E-state index < -0.39 is 57.5 Å². The number of amides is 1. The molecule has 0 aliphatic carbocycles. The second kappa shape index (κ2) is 9.19. The van der Waals surface area contributed by atoms with Crippen LogP contribution in [0.15, 0.2) is 70.5 Å². The molecule has 2 rings (SSSR count). The molecule has 0 aromatic heterocycles. The van der Waals surface area contributed by atoms with Crippen molar-refractivity contribution in [3.63, 3.8) is 0 Å². The number of hydrogen-bond donors (Lipinski definition) is 1. The minimum atomic E-state index is -5.16. The Morgan fingerprint density at radius 3 is 1.53 bits per heavy atom. The number of rotatable bonds is 7. The number of alkyl carbamates (subject to hydrolysis) is 1. The SMILES string of the molecule is CC(C)[C@H](NC(=O)OC(C)(C)C)C(F)(S(=O)(=O)c1ccccc1)S(=O)(=O)c1ccccc1. The van der Waals surface area contributed by atoms with E-state index in [1.54, 1.807) is 20.8 Å². The van der Waals surface area contributed by atoms with E-state index in [2.05, 4.69) is 5.32 Å². The molecule has 1 N–H and O–H groups in total. The van der Waals surface area contributed by atoms with E-state index in [4.69, 9.17) is 4.74 Å². The molecular weight excluding hydrogens is 457 g/mol. The van der Waals surface area contributed by atoms with Crippen LogP contribution in [0.4, 0.5) is 9.18 Å². The van der Waals surface area contributed by atoms with Crippen molar-refractivity contribution in [2.75, 3.05) is 0 Å². The van der Waals surface area contributed by atoms with Gasteiger partial charge in [-0.25, -0.2) is 26.0 Å². The van der Waals surface area contributed by atoms with E-state index in [1.165, 1.54) is 50.2 Å². The molecule has 2 aromatic carbocycles. The van der Waals surface area contributed by atoms with Gasteiger partial charge in [0.25, 0.3) is 0 Å².